The summed E-state index contributed by atoms with van der Waals surface area (Å²) in [5.41, 5.74) is 4.52. The van der Waals surface area contributed by atoms with Gasteiger partial charge in [0.15, 0.2) is 0 Å². The lowest BCUT2D eigenvalue weighted by atomic mass is 10.0. The molecule has 1 heterocycles. The van der Waals surface area contributed by atoms with E-state index in [-0.39, 0.29) is 5.75 Å². The molecule has 0 aliphatic rings. The Morgan fingerprint density at radius 2 is 1.48 bits per heavy atom. The van der Waals surface area contributed by atoms with E-state index in [2.05, 4.69) is 4.98 Å². The number of aryl methyl sites for hydroxylation is 1. The molecule has 0 saturated carbocycles. The van der Waals surface area contributed by atoms with Crippen LogP contribution in [0.15, 0.2) is 72.8 Å². The Bertz CT molecular complexity index is 987. The van der Waals surface area contributed by atoms with Gasteiger partial charge in [-0.1, -0.05) is 54.6 Å². The highest BCUT2D eigenvalue weighted by molar-refractivity contribution is 5.85. The molecule has 23 heavy (non-hydrogen) atoms. The third-order valence-corrected chi connectivity index (χ3v) is 4.15. The van der Waals surface area contributed by atoms with E-state index < -0.39 is 0 Å². The van der Waals surface area contributed by atoms with Crippen LogP contribution in [0.4, 0.5) is 0 Å². The largest absolute Gasteiger partial charge is 0.507 e. The summed E-state index contributed by atoms with van der Waals surface area (Å²) in [6.45, 7) is 0. The van der Waals surface area contributed by atoms with Gasteiger partial charge in [-0.05, 0) is 23.8 Å². The molecule has 0 bridgehead atoms. The lowest BCUT2D eigenvalue weighted by Gasteiger charge is -2.10. The SMILES string of the molecule is Cn1c(-c2cccc(-c3ccccc3)c2O)nc2ccccc21. The lowest BCUT2D eigenvalue weighted by molar-refractivity contribution is 0.478. The number of aromatic nitrogens is 2. The predicted octanol–water partition coefficient (Wildman–Crippen LogP) is 4.61. The summed E-state index contributed by atoms with van der Waals surface area (Å²) >= 11 is 0. The minimum atomic E-state index is 0.261. The van der Waals surface area contributed by atoms with Crippen molar-refractivity contribution in [3.63, 3.8) is 0 Å². The topological polar surface area (TPSA) is 38.0 Å². The van der Waals surface area contributed by atoms with Crippen LogP contribution in [0.5, 0.6) is 5.75 Å². The Morgan fingerprint density at radius 3 is 2.26 bits per heavy atom. The number of fused-ring (bicyclic) bond motifs is 1. The highest BCUT2D eigenvalue weighted by Crippen LogP contribution is 2.38. The number of rotatable bonds is 2. The van der Waals surface area contributed by atoms with Gasteiger partial charge in [0.2, 0.25) is 0 Å². The number of hydrogen-bond acceptors (Lipinski definition) is 2. The normalized spacial score (nSPS) is 11.0. The molecular weight excluding hydrogens is 284 g/mol. The molecule has 4 rings (SSSR count). The Morgan fingerprint density at radius 1 is 0.783 bits per heavy atom. The van der Waals surface area contributed by atoms with Gasteiger partial charge >= 0.3 is 0 Å². The van der Waals surface area contributed by atoms with Gasteiger partial charge in [-0.15, -0.1) is 0 Å². The van der Waals surface area contributed by atoms with Crippen LogP contribution in [-0.2, 0) is 7.05 Å². The minimum Gasteiger partial charge on any atom is -0.507 e. The third-order valence-electron chi connectivity index (χ3n) is 4.15. The van der Waals surface area contributed by atoms with Crippen molar-refractivity contribution in [3.8, 4) is 28.3 Å². The molecule has 0 spiro atoms. The van der Waals surface area contributed by atoms with E-state index in [9.17, 15) is 5.11 Å². The molecule has 1 N–H and O–H groups in total. The van der Waals surface area contributed by atoms with Gasteiger partial charge in [0.25, 0.3) is 0 Å². The van der Waals surface area contributed by atoms with Crippen molar-refractivity contribution in [1.29, 1.82) is 0 Å². The van der Waals surface area contributed by atoms with Crippen LogP contribution >= 0.6 is 0 Å². The second kappa shape index (κ2) is 5.29. The highest BCUT2D eigenvalue weighted by Gasteiger charge is 2.15. The van der Waals surface area contributed by atoms with E-state index >= 15 is 0 Å². The van der Waals surface area contributed by atoms with Crippen LogP contribution in [0.3, 0.4) is 0 Å². The van der Waals surface area contributed by atoms with Crippen LogP contribution in [0.1, 0.15) is 0 Å². The maximum atomic E-state index is 10.8. The standard InChI is InChI=1S/C20H16N2O/c1-22-18-13-6-5-12-17(18)21-20(22)16-11-7-10-15(19(16)23)14-8-3-2-4-9-14/h2-13,23H,1H3. The van der Waals surface area contributed by atoms with Gasteiger partial charge in [0.05, 0.1) is 16.6 Å². The quantitative estimate of drug-likeness (QED) is 0.587. The molecule has 0 aliphatic carbocycles. The van der Waals surface area contributed by atoms with Crippen LogP contribution in [0, 0.1) is 0 Å². The first-order valence-corrected chi connectivity index (χ1v) is 7.55. The van der Waals surface area contributed by atoms with E-state index in [4.69, 9.17) is 0 Å². The molecule has 0 unspecified atom stereocenters. The molecule has 0 aliphatic heterocycles. The minimum absolute atomic E-state index is 0.261. The predicted molar refractivity (Wildman–Crippen MR) is 93.3 cm³/mol. The van der Waals surface area contributed by atoms with Gasteiger partial charge in [-0.3, -0.25) is 0 Å². The molecule has 3 heteroatoms. The molecule has 0 fully saturated rings. The van der Waals surface area contributed by atoms with Crippen molar-refractivity contribution in [1.82, 2.24) is 9.55 Å². The van der Waals surface area contributed by atoms with Crippen molar-refractivity contribution in [3.05, 3.63) is 72.8 Å². The van der Waals surface area contributed by atoms with E-state index in [0.29, 0.717) is 0 Å². The molecule has 0 amide bonds. The van der Waals surface area contributed by atoms with Crippen molar-refractivity contribution < 1.29 is 5.11 Å². The summed E-state index contributed by atoms with van der Waals surface area (Å²) in [6.07, 6.45) is 0. The van der Waals surface area contributed by atoms with Gasteiger partial charge < -0.3 is 9.67 Å². The molecule has 0 radical (unpaired) electrons. The fraction of sp³-hybridized carbons (Fsp3) is 0.0500. The summed E-state index contributed by atoms with van der Waals surface area (Å²) < 4.78 is 2.01. The number of nitrogens with zero attached hydrogens (tertiary/aromatic N) is 2. The second-order valence-corrected chi connectivity index (χ2v) is 5.55. The number of phenols is 1. The van der Waals surface area contributed by atoms with Gasteiger partial charge in [-0.25, -0.2) is 4.98 Å². The number of benzene rings is 3. The molecule has 1 aromatic heterocycles. The van der Waals surface area contributed by atoms with Crippen LogP contribution < -0.4 is 0 Å². The average molecular weight is 300 g/mol. The molecule has 112 valence electrons. The maximum Gasteiger partial charge on any atom is 0.144 e. The zero-order valence-corrected chi connectivity index (χ0v) is 12.8. The molecule has 3 aromatic carbocycles. The summed E-state index contributed by atoms with van der Waals surface area (Å²) in [4.78, 5) is 4.68. The average Bonchev–Trinajstić information content (AvgIpc) is 2.93. The summed E-state index contributed by atoms with van der Waals surface area (Å²) in [5.74, 6) is 1.03. The van der Waals surface area contributed by atoms with Crippen LogP contribution in [-0.4, -0.2) is 14.7 Å². The number of phenolic OH excluding ortho intramolecular Hbond substituents is 1. The molecule has 4 aromatic rings. The van der Waals surface area contributed by atoms with Gasteiger partial charge in [0.1, 0.15) is 11.6 Å². The maximum absolute atomic E-state index is 10.8. The Hall–Kier alpha value is -3.07. The molecular formula is C20H16N2O. The summed E-state index contributed by atoms with van der Waals surface area (Å²) in [5, 5.41) is 10.8. The van der Waals surface area contributed by atoms with Gasteiger partial charge in [0, 0.05) is 12.6 Å². The van der Waals surface area contributed by atoms with E-state index in [0.717, 1.165) is 33.5 Å². The Kier molecular flexibility index (Phi) is 3.12. The van der Waals surface area contributed by atoms with Crippen molar-refractivity contribution >= 4 is 11.0 Å². The fourth-order valence-electron chi connectivity index (χ4n) is 2.96. The zero-order valence-electron chi connectivity index (χ0n) is 12.8. The van der Waals surface area contributed by atoms with Crippen molar-refractivity contribution in [2.24, 2.45) is 7.05 Å². The first-order chi connectivity index (χ1) is 11.3. The van der Waals surface area contributed by atoms with E-state index in [1.54, 1.807) is 0 Å². The van der Waals surface area contributed by atoms with Crippen LogP contribution in [0.25, 0.3) is 33.5 Å². The Balaban J connectivity index is 1.94. The number of para-hydroxylation sites is 3. The highest BCUT2D eigenvalue weighted by atomic mass is 16.3. The Labute approximate surface area is 134 Å². The van der Waals surface area contributed by atoms with E-state index in [1.165, 1.54) is 0 Å². The number of aromatic hydroxyl groups is 1. The monoisotopic (exact) mass is 300 g/mol. The van der Waals surface area contributed by atoms with Gasteiger partial charge in [-0.2, -0.15) is 0 Å². The van der Waals surface area contributed by atoms with Crippen LogP contribution in [0.2, 0.25) is 0 Å². The molecule has 0 atom stereocenters. The number of hydrogen-bond donors (Lipinski definition) is 1. The first-order valence-electron chi connectivity index (χ1n) is 7.55. The summed E-state index contributed by atoms with van der Waals surface area (Å²) in [6, 6.07) is 23.7. The second-order valence-electron chi connectivity index (χ2n) is 5.55. The van der Waals surface area contributed by atoms with E-state index in [1.807, 2.05) is 84.4 Å². The zero-order chi connectivity index (χ0) is 15.8. The number of imidazole rings is 1. The molecule has 0 saturated heterocycles. The first kappa shape index (κ1) is 13.6. The third kappa shape index (κ3) is 2.18. The van der Waals surface area contributed by atoms with Crippen molar-refractivity contribution in [2.45, 2.75) is 0 Å². The smallest absolute Gasteiger partial charge is 0.144 e. The lowest BCUT2D eigenvalue weighted by Crippen LogP contribution is -1.93. The summed E-state index contributed by atoms with van der Waals surface area (Å²) in [7, 11) is 1.97. The van der Waals surface area contributed by atoms with Crippen molar-refractivity contribution in [2.75, 3.05) is 0 Å². The fourth-order valence-corrected chi connectivity index (χ4v) is 2.96. The molecule has 3 nitrogen and oxygen atoms in total.